The predicted octanol–water partition coefficient (Wildman–Crippen LogP) is 3.81. The van der Waals surface area contributed by atoms with E-state index in [1.807, 2.05) is 0 Å². The number of benzene rings is 2. The Morgan fingerprint density at radius 2 is 1.77 bits per heavy atom. The summed E-state index contributed by atoms with van der Waals surface area (Å²) in [5, 5.41) is 0.370. The number of sulfonamides is 1. The Kier molecular flexibility index (Phi) is 5.05. The Balaban J connectivity index is 2.48. The van der Waals surface area contributed by atoms with Gasteiger partial charge in [-0.2, -0.15) is 0 Å². The van der Waals surface area contributed by atoms with E-state index in [0.717, 1.165) is 0 Å². The van der Waals surface area contributed by atoms with Gasteiger partial charge >= 0.3 is 0 Å². The van der Waals surface area contributed by atoms with Gasteiger partial charge in [0.1, 0.15) is 16.4 Å². The summed E-state index contributed by atoms with van der Waals surface area (Å²) in [4.78, 5) is -0.0645. The van der Waals surface area contributed by atoms with Crippen LogP contribution in [0.3, 0.4) is 0 Å². The number of ether oxygens (including phenoxy) is 2. The smallest absolute Gasteiger partial charge is 0.265 e. The average Bonchev–Trinajstić information content (AvgIpc) is 2.51. The number of anilines is 1. The van der Waals surface area contributed by atoms with E-state index < -0.39 is 10.0 Å². The van der Waals surface area contributed by atoms with Gasteiger partial charge < -0.3 is 9.47 Å². The van der Waals surface area contributed by atoms with Crippen LogP contribution in [-0.4, -0.2) is 22.6 Å². The zero-order chi connectivity index (χ0) is 16.3. The number of halogens is 2. The molecule has 0 radical (unpaired) electrons. The van der Waals surface area contributed by atoms with E-state index in [4.69, 9.17) is 32.7 Å². The molecule has 0 saturated heterocycles. The van der Waals surface area contributed by atoms with Crippen LogP contribution in [0.2, 0.25) is 10.0 Å². The van der Waals surface area contributed by atoms with Gasteiger partial charge in [-0.1, -0.05) is 29.3 Å². The van der Waals surface area contributed by atoms with Crippen molar-refractivity contribution in [1.29, 1.82) is 0 Å². The minimum atomic E-state index is -3.93. The van der Waals surface area contributed by atoms with Crippen LogP contribution in [0.5, 0.6) is 11.5 Å². The zero-order valence-electron chi connectivity index (χ0n) is 11.8. The molecule has 8 heteroatoms. The molecule has 0 aliphatic carbocycles. The molecule has 0 aromatic heterocycles. The maximum Gasteiger partial charge on any atom is 0.265 e. The van der Waals surface area contributed by atoms with Crippen LogP contribution in [0, 0.1) is 0 Å². The van der Waals surface area contributed by atoms with Crippen LogP contribution in [0.4, 0.5) is 5.69 Å². The highest BCUT2D eigenvalue weighted by molar-refractivity contribution is 7.92. The van der Waals surface area contributed by atoms with Gasteiger partial charge in [-0.15, -0.1) is 0 Å². The monoisotopic (exact) mass is 361 g/mol. The molecule has 1 N–H and O–H groups in total. The van der Waals surface area contributed by atoms with Crippen molar-refractivity contribution >= 4 is 38.9 Å². The summed E-state index contributed by atoms with van der Waals surface area (Å²) in [7, 11) is -1.10. The molecule has 22 heavy (non-hydrogen) atoms. The lowest BCUT2D eigenvalue weighted by Gasteiger charge is -2.14. The highest BCUT2D eigenvalue weighted by atomic mass is 35.5. The second kappa shape index (κ2) is 6.64. The van der Waals surface area contributed by atoms with Gasteiger partial charge in [0.15, 0.2) is 0 Å². The van der Waals surface area contributed by atoms with Crippen LogP contribution in [0.25, 0.3) is 0 Å². The van der Waals surface area contributed by atoms with Crippen LogP contribution in [0.15, 0.2) is 41.3 Å². The van der Waals surface area contributed by atoms with Gasteiger partial charge in [-0.25, -0.2) is 8.42 Å². The summed E-state index contributed by atoms with van der Waals surface area (Å²) in [6, 6.07) is 9.14. The average molecular weight is 362 g/mol. The standard InChI is InChI=1S/C14H13Cl2NO4S/c1-20-9-6-7-12(21-2)13(8-9)22(18,19)17-11-5-3-4-10(15)14(11)16/h3-8,17H,1-2H3. The molecule has 0 aliphatic heterocycles. The Morgan fingerprint density at radius 1 is 1.05 bits per heavy atom. The molecule has 0 saturated carbocycles. The third-order valence-corrected chi connectivity index (χ3v) is 5.06. The van der Waals surface area contributed by atoms with Gasteiger partial charge in [-0.3, -0.25) is 4.72 Å². The summed E-state index contributed by atoms with van der Waals surface area (Å²) in [6.07, 6.45) is 0. The molecule has 5 nitrogen and oxygen atoms in total. The quantitative estimate of drug-likeness (QED) is 0.879. The Labute approximate surface area is 138 Å². The number of rotatable bonds is 5. The first-order chi connectivity index (χ1) is 10.4. The molecule has 0 amide bonds. The molecule has 0 bridgehead atoms. The summed E-state index contributed by atoms with van der Waals surface area (Å²) in [6.45, 7) is 0. The normalized spacial score (nSPS) is 11.1. The lowest BCUT2D eigenvalue weighted by Crippen LogP contribution is -2.14. The highest BCUT2D eigenvalue weighted by Gasteiger charge is 2.22. The maximum absolute atomic E-state index is 12.6. The third-order valence-electron chi connectivity index (χ3n) is 2.86. The van der Waals surface area contributed by atoms with Crippen molar-refractivity contribution in [1.82, 2.24) is 0 Å². The van der Waals surface area contributed by atoms with E-state index in [1.165, 1.54) is 32.4 Å². The van der Waals surface area contributed by atoms with Crippen LogP contribution < -0.4 is 14.2 Å². The van der Waals surface area contributed by atoms with E-state index in [9.17, 15) is 8.42 Å². The molecule has 0 atom stereocenters. The Morgan fingerprint density at radius 3 is 2.41 bits per heavy atom. The van der Waals surface area contributed by atoms with E-state index in [1.54, 1.807) is 18.2 Å². The van der Waals surface area contributed by atoms with Crippen LogP contribution >= 0.6 is 23.2 Å². The third kappa shape index (κ3) is 3.40. The first-order valence-corrected chi connectivity index (χ1v) is 8.32. The molecule has 2 aromatic carbocycles. The molecule has 118 valence electrons. The maximum atomic E-state index is 12.6. The van der Waals surface area contributed by atoms with Gasteiger partial charge in [0.2, 0.25) is 0 Å². The van der Waals surface area contributed by atoms with Gasteiger partial charge in [-0.05, 0) is 24.3 Å². The van der Waals surface area contributed by atoms with E-state index in [-0.39, 0.29) is 26.4 Å². The summed E-state index contributed by atoms with van der Waals surface area (Å²) in [5.74, 6) is 0.574. The molecule has 2 rings (SSSR count). The Hall–Kier alpha value is -1.63. The first-order valence-electron chi connectivity index (χ1n) is 6.08. The van der Waals surface area contributed by atoms with Crippen molar-refractivity contribution < 1.29 is 17.9 Å². The van der Waals surface area contributed by atoms with Crippen molar-refractivity contribution in [2.75, 3.05) is 18.9 Å². The fourth-order valence-corrected chi connectivity index (χ4v) is 3.44. The molecule has 0 spiro atoms. The van der Waals surface area contributed by atoms with Crippen molar-refractivity contribution in [3.05, 3.63) is 46.4 Å². The largest absolute Gasteiger partial charge is 0.497 e. The summed E-state index contributed by atoms with van der Waals surface area (Å²) >= 11 is 11.9. The van der Waals surface area contributed by atoms with Gasteiger partial charge in [0.25, 0.3) is 10.0 Å². The molecular weight excluding hydrogens is 349 g/mol. The van der Waals surface area contributed by atoms with Crippen molar-refractivity contribution in [3.8, 4) is 11.5 Å². The van der Waals surface area contributed by atoms with E-state index in [0.29, 0.717) is 5.75 Å². The number of methoxy groups -OCH3 is 2. The van der Waals surface area contributed by atoms with Gasteiger partial charge in [0.05, 0.1) is 30.0 Å². The van der Waals surface area contributed by atoms with E-state index >= 15 is 0 Å². The molecule has 2 aromatic rings. The van der Waals surface area contributed by atoms with Crippen molar-refractivity contribution in [2.24, 2.45) is 0 Å². The molecular formula is C14H13Cl2NO4S. The fourth-order valence-electron chi connectivity index (χ4n) is 1.78. The summed E-state index contributed by atoms with van der Waals surface area (Å²) in [5.41, 5.74) is 0.180. The second-order valence-corrected chi connectivity index (χ2v) is 6.66. The molecule has 0 fully saturated rings. The zero-order valence-corrected chi connectivity index (χ0v) is 14.1. The second-order valence-electron chi connectivity index (χ2n) is 4.22. The summed E-state index contributed by atoms with van der Waals surface area (Å²) < 4.78 is 37.7. The lowest BCUT2D eigenvalue weighted by atomic mass is 10.3. The minimum absolute atomic E-state index is 0.0645. The lowest BCUT2D eigenvalue weighted by molar-refractivity contribution is 0.392. The molecule has 0 unspecified atom stereocenters. The topological polar surface area (TPSA) is 64.6 Å². The van der Waals surface area contributed by atoms with Crippen LogP contribution in [0.1, 0.15) is 0 Å². The van der Waals surface area contributed by atoms with Crippen molar-refractivity contribution in [2.45, 2.75) is 4.90 Å². The molecule has 0 heterocycles. The number of hydrogen-bond acceptors (Lipinski definition) is 4. The van der Waals surface area contributed by atoms with Crippen LogP contribution in [-0.2, 0) is 10.0 Å². The highest BCUT2D eigenvalue weighted by Crippen LogP contribution is 2.34. The first kappa shape index (κ1) is 16.7. The number of nitrogens with one attached hydrogen (secondary N) is 1. The Bertz CT molecular complexity index is 793. The fraction of sp³-hybridized carbons (Fsp3) is 0.143. The SMILES string of the molecule is COc1ccc(OC)c(S(=O)(=O)Nc2cccc(Cl)c2Cl)c1. The minimum Gasteiger partial charge on any atom is -0.497 e. The predicted molar refractivity (Wildman–Crippen MR) is 86.8 cm³/mol. The number of hydrogen-bond donors (Lipinski definition) is 1. The molecule has 0 aliphatic rings. The van der Waals surface area contributed by atoms with Gasteiger partial charge in [0, 0.05) is 6.07 Å². The van der Waals surface area contributed by atoms with Crippen molar-refractivity contribution in [3.63, 3.8) is 0 Å². The van der Waals surface area contributed by atoms with E-state index in [2.05, 4.69) is 4.72 Å².